The van der Waals surface area contributed by atoms with Crippen LogP contribution in [-0.2, 0) is 0 Å². The average molecular weight is 426 g/mol. The molecule has 0 spiro atoms. The van der Waals surface area contributed by atoms with Crippen LogP contribution in [0.2, 0.25) is 5.15 Å². The molecule has 150 valence electrons. The van der Waals surface area contributed by atoms with E-state index in [-0.39, 0.29) is 27.2 Å². The summed E-state index contributed by atoms with van der Waals surface area (Å²) in [6.07, 6.45) is 2.63. The van der Waals surface area contributed by atoms with Crippen molar-refractivity contribution < 1.29 is 13.6 Å². The predicted molar refractivity (Wildman–Crippen MR) is 109 cm³/mol. The standard InChI is InChI=1S/C22H14ClF2N3O2/c23-19-8-5-12(10-27-19)22(30)28-20(14-3-1-2-4-17(14)25)16-11-26-18-9-13(24)6-7-15(18)21(16)29/h1-11,20H,(H,26,29)(H,28,30). The molecule has 1 atom stereocenters. The Morgan fingerprint density at radius 2 is 1.87 bits per heavy atom. The Morgan fingerprint density at radius 3 is 2.60 bits per heavy atom. The number of nitrogens with one attached hydrogen (secondary N) is 2. The molecule has 0 aliphatic heterocycles. The fourth-order valence-electron chi connectivity index (χ4n) is 3.18. The van der Waals surface area contributed by atoms with E-state index >= 15 is 0 Å². The summed E-state index contributed by atoms with van der Waals surface area (Å²) in [6, 6.07) is 11.4. The molecule has 0 bridgehead atoms. The molecule has 4 aromatic rings. The molecule has 2 N–H and O–H groups in total. The zero-order valence-electron chi connectivity index (χ0n) is 15.3. The first-order chi connectivity index (χ1) is 14.4. The third-order valence-corrected chi connectivity index (χ3v) is 4.89. The van der Waals surface area contributed by atoms with Gasteiger partial charge in [0.15, 0.2) is 5.43 Å². The second-order valence-electron chi connectivity index (χ2n) is 6.56. The van der Waals surface area contributed by atoms with Crippen LogP contribution in [0, 0.1) is 11.6 Å². The van der Waals surface area contributed by atoms with Crippen LogP contribution in [0.25, 0.3) is 10.9 Å². The number of aromatic amines is 1. The second-order valence-corrected chi connectivity index (χ2v) is 6.95. The predicted octanol–water partition coefficient (Wildman–Crippen LogP) is 4.37. The Bertz CT molecular complexity index is 1310. The fraction of sp³-hybridized carbons (Fsp3) is 0.0455. The molecule has 0 aliphatic carbocycles. The summed E-state index contributed by atoms with van der Waals surface area (Å²) in [4.78, 5) is 32.6. The molecule has 1 unspecified atom stereocenters. The number of halogens is 3. The Balaban J connectivity index is 1.83. The number of amides is 1. The average Bonchev–Trinajstić information content (AvgIpc) is 2.73. The highest BCUT2D eigenvalue weighted by Gasteiger charge is 2.24. The van der Waals surface area contributed by atoms with E-state index in [4.69, 9.17) is 11.6 Å². The SMILES string of the molecule is O=C(NC(c1ccccc1F)c1c[nH]c2cc(F)ccc2c1=O)c1ccc(Cl)nc1. The minimum Gasteiger partial charge on any atom is -0.360 e. The lowest BCUT2D eigenvalue weighted by Gasteiger charge is -2.20. The third kappa shape index (κ3) is 3.79. The highest BCUT2D eigenvalue weighted by Crippen LogP contribution is 2.24. The van der Waals surface area contributed by atoms with Gasteiger partial charge in [-0.3, -0.25) is 9.59 Å². The molecule has 0 saturated carbocycles. The summed E-state index contributed by atoms with van der Waals surface area (Å²) < 4.78 is 28.1. The number of hydrogen-bond acceptors (Lipinski definition) is 3. The molecule has 4 rings (SSSR count). The minimum atomic E-state index is -1.09. The van der Waals surface area contributed by atoms with E-state index in [1.54, 1.807) is 6.07 Å². The number of carbonyl (C=O) groups is 1. The highest BCUT2D eigenvalue weighted by atomic mass is 35.5. The normalized spacial score (nSPS) is 12.0. The molecule has 5 nitrogen and oxygen atoms in total. The molecule has 8 heteroatoms. The Labute approximate surface area is 174 Å². The number of hydrogen-bond donors (Lipinski definition) is 2. The Morgan fingerprint density at radius 1 is 1.07 bits per heavy atom. The zero-order valence-corrected chi connectivity index (χ0v) is 16.1. The van der Waals surface area contributed by atoms with Gasteiger partial charge in [-0.05, 0) is 36.4 Å². The van der Waals surface area contributed by atoms with Crippen LogP contribution in [-0.4, -0.2) is 15.9 Å². The van der Waals surface area contributed by atoms with E-state index in [1.165, 1.54) is 54.9 Å². The summed E-state index contributed by atoms with van der Waals surface area (Å²) >= 11 is 5.76. The van der Waals surface area contributed by atoms with Gasteiger partial charge in [-0.2, -0.15) is 0 Å². The van der Waals surface area contributed by atoms with Crippen LogP contribution >= 0.6 is 11.6 Å². The third-order valence-electron chi connectivity index (χ3n) is 4.66. The molecule has 1 amide bonds. The number of pyridine rings is 2. The zero-order chi connectivity index (χ0) is 21.3. The summed E-state index contributed by atoms with van der Waals surface area (Å²) in [7, 11) is 0. The molecule has 2 aromatic heterocycles. The quantitative estimate of drug-likeness (QED) is 0.477. The molecule has 30 heavy (non-hydrogen) atoms. The van der Waals surface area contributed by atoms with Crippen molar-refractivity contribution in [2.45, 2.75) is 6.04 Å². The minimum absolute atomic E-state index is 0.106. The van der Waals surface area contributed by atoms with Gasteiger partial charge in [-0.25, -0.2) is 13.8 Å². The smallest absolute Gasteiger partial charge is 0.253 e. The topological polar surface area (TPSA) is 74.8 Å². The maximum atomic E-state index is 14.6. The van der Waals surface area contributed by atoms with Crippen LogP contribution in [0.1, 0.15) is 27.5 Å². The van der Waals surface area contributed by atoms with E-state index in [0.29, 0.717) is 5.52 Å². The van der Waals surface area contributed by atoms with Gasteiger partial charge in [0.1, 0.15) is 16.8 Å². The summed E-state index contributed by atoms with van der Waals surface area (Å²) in [6.45, 7) is 0. The number of rotatable bonds is 4. The molecule has 2 heterocycles. The van der Waals surface area contributed by atoms with Gasteiger partial charge >= 0.3 is 0 Å². The number of carbonyl (C=O) groups excluding carboxylic acids is 1. The Hall–Kier alpha value is -3.58. The van der Waals surface area contributed by atoms with E-state index < -0.39 is 29.0 Å². The van der Waals surface area contributed by atoms with Gasteiger partial charge in [-0.15, -0.1) is 0 Å². The van der Waals surface area contributed by atoms with Crippen LogP contribution in [0.4, 0.5) is 8.78 Å². The van der Waals surface area contributed by atoms with Crippen molar-refractivity contribution in [2.75, 3.05) is 0 Å². The lowest BCUT2D eigenvalue weighted by molar-refractivity contribution is 0.0942. The van der Waals surface area contributed by atoms with Gasteiger partial charge in [0, 0.05) is 28.9 Å². The number of fused-ring (bicyclic) bond motifs is 1. The first-order valence-corrected chi connectivity index (χ1v) is 9.29. The lowest BCUT2D eigenvalue weighted by atomic mass is 9.97. The summed E-state index contributed by atoms with van der Waals surface area (Å²) in [5, 5.41) is 3.13. The van der Waals surface area contributed by atoms with Crippen LogP contribution < -0.4 is 10.7 Å². The number of nitrogens with zero attached hydrogens (tertiary/aromatic N) is 1. The molecule has 0 radical (unpaired) electrons. The van der Waals surface area contributed by atoms with Crippen molar-refractivity contribution in [2.24, 2.45) is 0 Å². The van der Waals surface area contributed by atoms with Crippen molar-refractivity contribution in [3.05, 3.63) is 111 Å². The first kappa shape index (κ1) is 19.7. The Kier molecular flexibility index (Phi) is 5.29. The van der Waals surface area contributed by atoms with E-state index in [9.17, 15) is 18.4 Å². The molecule has 2 aromatic carbocycles. The van der Waals surface area contributed by atoms with Crippen molar-refractivity contribution in [3.8, 4) is 0 Å². The van der Waals surface area contributed by atoms with Gasteiger partial charge in [0.05, 0.1) is 17.1 Å². The van der Waals surface area contributed by atoms with Crippen LogP contribution in [0.3, 0.4) is 0 Å². The molecule has 0 aliphatic rings. The largest absolute Gasteiger partial charge is 0.360 e. The number of H-pyrrole nitrogens is 1. The van der Waals surface area contributed by atoms with Crippen molar-refractivity contribution in [1.82, 2.24) is 15.3 Å². The number of benzene rings is 2. The monoisotopic (exact) mass is 425 g/mol. The van der Waals surface area contributed by atoms with Crippen molar-refractivity contribution >= 4 is 28.4 Å². The molecular formula is C22H14ClF2N3O2. The number of aromatic nitrogens is 2. The highest BCUT2D eigenvalue weighted by molar-refractivity contribution is 6.29. The van der Waals surface area contributed by atoms with Crippen LogP contribution in [0.5, 0.6) is 0 Å². The summed E-state index contributed by atoms with van der Waals surface area (Å²) in [5.41, 5.74) is 0.255. The summed E-state index contributed by atoms with van der Waals surface area (Å²) in [5.74, 6) is -1.65. The lowest BCUT2D eigenvalue weighted by Crippen LogP contribution is -2.33. The molecular weight excluding hydrogens is 412 g/mol. The fourth-order valence-corrected chi connectivity index (χ4v) is 3.29. The van der Waals surface area contributed by atoms with Gasteiger partial charge in [-0.1, -0.05) is 29.8 Å². The van der Waals surface area contributed by atoms with Crippen molar-refractivity contribution in [3.63, 3.8) is 0 Å². The van der Waals surface area contributed by atoms with Gasteiger partial charge in [0.2, 0.25) is 0 Å². The molecule has 0 fully saturated rings. The second kappa shape index (κ2) is 8.04. The van der Waals surface area contributed by atoms with Crippen molar-refractivity contribution in [1.29, 1.82) is 0 Å². The van der Waals surface area contributed by atoms with E-state index in [1.807, 2.05) is 0 Å². The van der Waals surface area contributed by atoms with E-state index in [2.05, 4.69) is 15.3 Å². The maximum Gasteiger partial charge on any atom is 0.253 e. The van der Waals surface area contributed by atoms with Gasteiger partial charge < -0.3 is 10.3 Å². The maximum absolute atomic E-state index is 14.6. The first-order valence-electron chi connectivity index (χ1n) is 8.92. The van der Waals surface area contributed by atoms with Gasteiger partial charge in [0.25, 0.3) is 5.91 Å². The molecule has 0 saturated heterocycles. The van der Waals surface area contributed by atoms with Crippen LogP contribution in [0.15, 0.2) is 71.8 Å². The van der Waals surface area contributed by atoms with E-state index in [0.717, 1.165) is 6.07 Å².